The molecule has 1 unspecified atom stereocenters. The first-order valence-corrected chi connectivity index (χ1v) is 7.33. The Hall–Kier alpha value is -2.48. The molecule has 1 aromatic carbocycles. The predicted octanol–water partition coefficient (Wildman–Crippen LogP) is 1.54. The summed E-state index contributed by atoms with van der Waals surface area (Å²) in [5.74, 6) is 0.0779. The van der Waals surface area contributed by atoms with E-state index in [1.165, 1.54) is 29.9 Å². The van der Waals surface area contributed by atoms with Gasteiger partial charge in [0.15, 0.2) is 0 Å². The summed E-state index contributed by atoms with van der Waals surface area (Å²) in [6, 6.07) is 6.16. The lowest BCUT2D eigenvalue weighted by molar-refractivity contribution is -0.0499. The molecule has 0 spiro atoms. The summed E-state index contributed by atoms with van der Waals surface area (Å²) >= 11 is 0. The molecule has 1 aromatic heterocycles. The molecule has 2 rings (SSSR count). The molecule has 2 aromatic rings. The average molecular weight is 339 g/mol. The maximum absolute atomic E-state index is 12.3. The molecule has 0 radical (unpaired) electrons. The predicted molar refractivity (Wildman–Crippen MR) is 85.3 cm³/mol. The summed E-state index contributed by atoms with van der Waals surface area (Å²) in [6.45, 7) is -0.798. The molecule has 0 aliphatic rings. The second-order valence-corrected chi connectivity index (χ2v) is 5.47. The SMILES string of the molecule is CC(NCc1cn(C)c(=O)n(C)c1=O)c1cccc(OC(F)F)c1. The van der Waals surface area contributed by atoms with Crippen LogP contribution in [0.4, 0.5) is 8.78 Å². The van der Waals surface area contributed by atoms with E-state index in [2.05, 4.69) is 10.1 Å². The highest BCUT2D eigenvalue weighted by atomic mass is 19.3. The maximum atomic E-state index is 12.3. The number of rotatable bonds is 6. The van der Waals surface area contributed by atoms with Crippen LogP contribution in [0, 0.1) is 0 Å². The summed E-state index contributed by atoms with van der Waals surface area (Å²) in [5.41, 5.74) is 0.419. The van der Waals surface area contributed by atoms with Crippen molar-refractivity contribution >= 4 is 0 Å². The van der Waals surface area contributed by atoms with Crippen LogP contribution >= 0.6 is 0 Å². The Balaban J connectivity index is 2.13. The van der Waals surface area contributed by atoms with Crippen molar-refractivity contribution in [3.63, 3.8) is 0 Å². The minimum Gasteiger partial charge on any atom is -0.435 e. The Morgan fingerprint density at radius 3 is 2.62 bits per heavy atom. The van der Waals surface area contributed by atoms with E-state index in [1.807, 2.05) is 6.92 Å². The largest absolute Gasteiger partial charge is 0.435 e. The van der Waals surface area contributed by atoms with Crippen LogP contribution in [0.5, 0.6) is 5.75 Å². The van der Waals surface area contributed by atoms with Gasteiger partial charge in [-0.1, -0.05) is 12.1 Å². The third kappa shape index (κ3) is 4.08. The van der Waals surface area contributed by atoms with Gasteiger partial charge < -0.3 is 14.6 Å². The molecule has 0 saturated heterocycles. The van der Waals surface area contributed by atoms with Gasteiger partial charge in [0.2, 0.25) is 0 Å². The second-order valence-electron chi connectivity index (χ2n) is 5.47. The smallest absolute Gasteiger partial charge is 0.387 e. The normalized spacial score (nSPS) is 12.4. The molecule has 0 fully saturated rings. The summed E-state index contributed by atoms with van der Waals surface area (Å²) in [7, 11) is 2.99. The van der Waals surface area contributed by atoms with Crippen molar-refractivity contribution in [1.29, 1.82) is 0 Å². The van der Waals surface area contributed by atoms with Gasteiger partial charge in [0.1, 0.15) is 5.75 Å². The van der Waals surface area contributed by atoms with Crippen molar-refractivity contribution in [2.75, 3.05) is 0 Å². The van der Waals surface area contributed by atoms with Crippen molar-refractivity contribution in [2.45, 2.75) is 26.1 Å². The topological polar surface area (TPSA) is 65.3 Å². The number of aromatic nitrogens is 2. The molecule has 24 heavy (non-hydrogen) atoms. The van der Waals surface area contributed by atoms with Crippen LogP contribution in [-0.2, 0) is 20.6 Å². The zero-order valence-corrected chi connectivity index (χ0v) is 13.6. The third-order valence-corrected chi connectivity index (χ3v) is 3.70. The van der Waals surface area contributed by atoms with Crippen LogP contribution in [0.2, 0.25) is 0 Å². The second kappa shape index (κ2) is 7.39. The van der Waals surface area contributed by atoms with Gasteiger partial charge >= 0.3 is 12.3 Å². The van der Waals surface area contributed by atoms with Gasteiger partial charge in [-0.3, -0.25) is 9.36 Å². The fraction of sp³-hybridized carbons (Fsp3) is 0.375. The van der Waals surface area contributed by atoms with Crippen LogP contribution in [0.1, 0.15) is 24.1 Å². The van der Waals surface area contributed by atoms with Crippen LogP contribution in [-0.4, -0.2) is 15.7 Å². The van der Waals surface area contributed by atoms with E-state index in [1.54, 1.807) is 19.2 Å². The average Bonchev–Trinajstić information content (AvgIpc) is 2.54. The molecular weight excluding hydrogens is 320 g/mol. The van der Waals surface area contributed by atoms with Gasteiger partial charge in [-0.05, 0) is 24.6 Å². The molecule has 6 nitrogen and oxygen atoms in total. The first-order valence-electron chi connectivity index (χ1n) is 7.33. The number of nitrogens with one attached hydrogen (secondary N) is 1. The Morgan fingerprint density at radius 2 is 1.96 bits per heavy atom. The number of ether oxygens (including phenoxy) is 1. The number of aryl methyl sites for hydroxylation is 1. The van der Waals surface area contributed by atoms with Gasteiger partial charge in [0.05, 0.1) is 0 Å². The number of alkyl halides is 2. The Kier molecular flexibility index (Phi) is 5.50. The molecule has 1 heterocycles. The van der Waals surface area contributed by atoms with Crippen molar-refractivity contribution in [3.05, 3.63) is 62.4 Å². The summed E-state index contributed by atoms with van der Waals surface area (Å²) in [6.07, 6.45) is 1.49. The molecule has 8 heteroatoms. The highest BCUT2D eigenvalue weighted by molar-refractivity contribution is 5.30. The van der Waals surface area contributed by atoms with Crippen LogP contribution in [0.3, 0.4) is 0 Å². The Labute approximate surface area is 137 Å². The van der Waals surface area contributed by atoms with Crippen molar-refractivity contribution < 1.29 is 13.5 Å². The van der Waals surface area contributed by atoms with Crippen LogP contribution in [0.15, 0.2) is 40.1 Å². The van der Waals surface area contributed by atoms with Gasteiger partial charge in [-0.2, -0.15) is 8.78 Å². The van der Waals surface area contributed by atoms with Crippen molar-refractivity contribution in [1.82, 2.24) is 14.5 Å². The molecule has 0 saturated carbocycles. The summed E-state index contributed by atoms with van der Waals surface area (Å²) < 4.78 is 31.3. The number of hydrogen-bond donors (Lipinski definition) is 1. The minimum atomic E-state index is -2.88. The van der Waals surface area contributed by atoms with Crippen molar-refractivity contribution in [3.8, 4) is 5.75 Å². The highest BCUT2D eigenvalue weighted by Gasteiger charge is 2.11. The molecule has 0 aliphatic heterocycles. The van der Waals surface area contributed by atoms with E-state index >= 15 is 0 Å². The summed E-state index contributed by atoms with van der Waals surface area (Å²) in [5, 5.41) is 3.14. The standard InChI is InChI=1S/C16H19F2N3O3/c1-10(11-5-4-6-13(7-11)24-15(17)18)19-8-12-9-20(2)16(23)21(3)14(12)22/h4-7,9-10,15,19H,8H2,1-3H3. The lowest BCUT2D eigenvalue weighted by Gasteiger charge is -2.16. The van der Waals surface area contributed by atoms with Crippen LogP contribution < -0.4 is 21.3 Å². The molecule has 0 aliphatic carbocycles. The molecule has 1 N–H and O–H groups in total. The maximum Gasteiger partial charge on any atom is 0.387 e. The molecule has 1 atom stereocenters. The fourth-order valence-electron chi connectivity index (χ4n) is 2.35. The van der Waals surface area contributed by atoms with E-state index in [4.69, 9.17) is 0 Å². The zero-order valence-electron chi connectivity index (χ0n) is 13.6. The highest BCUT2D eigenvalue weighted by Crippen LogP contribution is 2.20. The van der Waals surface area contributed by atoms with Gasteiger partial charge in [0.25, 0.3) is 5.56 Å². The van der Waals surface area contributed by atoms with E-state index in [0.29, 0.717) is 5.56 Å². The first-order chi connectivity index (χ1) is 11.3. The Bertz CT molecular complexity index is 830. The molecule has 0 amide bonds. The van der Waals surface area contributed by atoms with E-state index in [0.717, 1.165) is 10.1 Å². The minimum absolute atomic E-state index is 0.0779. The molecular formula is C16H19F2N3O3. The van der Waals surface area contributed by atoms with Crippen LogP contribution in [0.25, 0.3) is 0 Å². The number of nitrogens with zero attached hydrogens (tertiary/aromatic N) is 2. The lowest BCUT2D eigenvalue weighted by Crippen LogP contribution is -2.39. The Morgan fingerprint density at radius 1 is 1.25 bits per heavy atom. The first kappa shape index (κ1) is 17.9. The molecule has 130 valence electrons. The van der Waals surface area contributed by atoms with Crippen molar-refractivity contribution in [2.24, 2.45) is 14.1 Å². The van der Waals surface area contributed by atoms with E-state index < -0.39 is 12.3 Å². The quantitative estimate of drug-likeness (QED) is 0.867. The number of hydrogen-bond acceptors (Lipinski definition) is 4. The number of halogens is 2. The molecule has 0 bridgehead atoms. The number of benzene rings is 1. The third-order valence-electron chi connectivity index (χ3n) is 3.70. The fourth-order valence-corrected chi connectivity index (χ4v) is 2.35. The summed E-state index contributed by atoms with van der Waals surface area (Å²) in [4.78, 5) is 23.7. The van der Waals surface area contributed by atoms with E-state index in [-0.39, 0.29) is 23.9 Å². The van der Waals surface area contributed by atoms with Gasteiger partial charge in [-0.25, -0.2) is 4.79 Å². The monoisotopic (exact) mass is 339 g/mol. The van der Waals surface area contributed by atoms with E-state index in [9.17, 15) is 18.4 Å². The van der Waals surface area contributed by atoms with Gasteiger partial charge in [-0.15, -0.1) is 0 Å². The van der Waals surface area contributed by atoms with Gasteiger partial charge in [0, 0.05) is 38.4 Å². The lowest BCUT2D eigenvalue weighted by atomic mass is 10.1. The zero-order chi connectivity index (χ0) is 17.9.